The first kappa shape index (κ1) is 19.7. The molecule has 1 fully saturated rings. The second-order valence-corrected chi connectivity index (χ2v) is 9.20. The van der Waals surface area contributed by atoms with Crippen LogP contribution >= 0.6 is 0 Å². The van der Waals surface area contributed by atoms with Crippen molar-refractivity contribution in [2.45, 2.75) is 51.0 Å². The van der Waals surface area contributed by atoms with Crippen LogP contribution in [0.5, 0.6) is 0 Å². The van der Waals surface area contributed by atoms with E-state index in [1.54, 1.807) is 26.8 Å². The summed E-state index contributed by atoms with van der Waals surface area (Å²) in [5.74, 6) is -0.722. The monoisotopic (exact) mass is 372 g/mol. The molecule has 0 aromatic heterocycles. The van der Waals surface area contributed by atoms with Gasteiger partial charge in [-0.2, -0.15) is 4.31 Å². The second-order valence-electron chi connectivity index (χ2n) is 7.23. The third-order valence-corrected chi connectivity index (χ3v) is 5.55. The van der Waals surface area contributed by atoms with Gasteiger partial charge >= 0.3 is 6.09 Å². The number of nitrogens with one attached hydrogen (secondary N) is 1. The van der Waals surface area contributed by atoms with Crippen LogP contribution in [-0.4, -0.2) is 43.5 Å². The average molecular weight is 372 g/mol. The lowest BCUT2D eigenvalue weighted by Crippen LogP contribution is -2.50. The van der Waals surface area contributed by atoms with Crippen molar-refractivity contribution in [1.82, 2.24) is 9.62 Å². The molecule has 140 valence electrons. The van der Waals surface area contributed by atoms with Gasteiger partial charge in [0.15, 0.2) is 0 Å². The zero-order valence-electron chi connectivity index (χ0n) is 14.8. The van der Waals surface area contributed by atoms with Crippen molar-refractivity contribution >= 4 is 16.1 Å². The highest BCUT2D eigenvalue weighted by molar-refractivity contribution is 7.88. The van der Waals surface area contributed by atoms with Crippen molar-refractivity contribution < 1.29 is 22.3 Å². The molecule has 1 heterocycles. The molecule has 1 aromatic carbocycles. The van der Waals surface area contributed by atoms with Gasteiger partial charge in [-0.25, -0.2) is 17.6 Å². The van der Waals surface area contributed by atoms with Crippen LogP contribution in [0.25, 0.3) is 0 Å². The summed E-state index contributed by atoms with van der Waals surface area (Å²) in [6.07, 6.45) is 0.774. The minimum Gasteiger partial charge on any atom is -0.444 e. The van der Waals surface area contributed by atoms with E-state index in [-0.39, 0.29) is 18.3 Å². The fraction of sp³-hybridized carbons (Fsp3) is 0.588. The Morgan fingerprint density at radius 3 is 2.76 bits per heavy atom. The molecule has 1 aromatic rings. The minimum atomic E-state index is -3.58. The van der Waals surface area contributed by atoms with Gasteiger partial charge in [-0.1, -0.05) is 12.1 Å². The number of piperidine rings is 1. The molecular formula is C17H25FN2O4S. The first-order valence-corrected chi connectivity index (χ1v) is 9.88. The Kier molecular flexibility index (Phi) is 6.05. The maximum absolute atomic E-state index is 13.3. The smallest absolute Gasteiger partial charge is 0.407 e. The maximum atomic E-state index is 13.3. The van der Waals surface area contributed by atoms with Gasteiger partial charge < -0.3 is 10.1 Å². The summed E-state index contributed by atoms with van der Waals surface area (Å²) >= 11 is 0. The number of alkyl carbamates (subject to hydrolysis) is 1. The van der Waals surface area contributed by atoms with Gasteiger partial charge in [0, 0.05) is 19.1 Å². The molecule has 8 heteroatoms. The molecule has 6 nitrogen and oxygen atoms in total. The van der Waals surface area contributed by atoms with Crippen molar-refractivity contribution in [3.63, 3.8) is 0 Å². The van der Waals surface area contributed by atoms with Crippen molar-refractivity contribution in [1.29, 1.82) is 0 Å². The van der Waals surface area contributed by atoms with Crippen LogP contribution in [0.1, 0.15) is 39.2 Å². The molecule has 0 spiro atoms. The number of ether oxygens (including phenoxy) is 1. The summed E-state index contributed by atoms with van der Waals surface area (Å²) in [6, 6.07) is 5.27. The lowest BCUT2D eigenvalue weighted by atomic mass is 10.1. The van der Waals surface area contributed by atoms with Crippen molar-refractivity contribution in [2.24, 2.45) is 0 Å². The van der Waals surface area contributed by atoms with Crippen LogP contribution in [-0.2, 0) is 20.5 Å². The highest BCUT2D eigenvalue weighted by Crippen LogP contribution is 2.18. The summed E-state index contributed by atoms with van der Waals surface area (Å²) in [5.41, 5.74) is -0.204. The molecule has 25 heavy (non-hydrogen) atoms. The number of amides is 1. The molecule has 0 saturated carbocycles. The number of hydrogen-bond acceptors (Lipinski definition) is 4. The Morgan fingerprint density at radius 2 is 2.12 bits per heavy atom. The topological polar surface area (TPSA) is 75.7 Å². The highest BCUT2D eigenvalue weighted by atomic mass is 32.2. The third-order valence-electron chi connectivity index (χ3n) is 3.74. The Bertz CT molecular complexity index is 716. The maximum Gasteiger partial charge on any atom is 0.407 e. The van der Waals surface area contributed by atoms with Gasteiger partial charge in [0.1, 0.15) is 11.4 Å². The van der Waals surface area contributed by atoms with E-state index in [0.29, 0.717) is 24.9 Å². The lowest BCUT2D eigenvalue weighted by molar-refractivity contribution is 0.0487. The summed E-state index contributed by atoms with van der Waals surface area (Å²) in [5, 5.41) is 2.72. The lowest BCUT2D eigenvalue weighted by Gasteiger charge is -2.32. The Labute approximate surface area is 148 Å². The largest absolute Gasteiger partial charge is 0.444 e. The molecule has 0 aliphatic carbocycles. The quantitative estimate of drug-likeness (QED) is 0.882. The van der Waals surface area contributed by atoms with Gasteiger partial charge in [0.2, 0.25) is 10.0 Å². The number of sulfonamides is 1. The normalized spacial score (nSPS) is 19.4. The van der Waals surface area contributed by atoms with Crippen LogP contribution in [0.4, 0.5) is 9.18 Å². The first-order valence-electron chi connectivity index (χ1n) is 8.27. The Morgan fingerprint density at radius 1 is 1.40 bits per heavy atom. The molecule has 1 atom stereocenters. The van der Waals surface area contributed by atoms with E-state index in [1.807, 2.05) is 0 Å². The van der Waals surface area contributed by atoms with Gasteiger partial charge in [-0.3, -0.25) is 0 Å². The van der Waals surface area contributed by atoms with Crippen LogP contribution in [0.3, 0.4) is 0 Å². The molecule has 1 amide bonds. The fourth-order valence-corrected chi connectivity index (χ4v) is 4.31. The number of carbonyl (C=O) groups excluding carboxylic acids is 1. The van der Waals surface area contributed by atoms with Crippen LogP contribution in [0.15, 0.2) is 24.3 Å². The van der Waals surface area contributed by atoms with E-state index in [4.69, 9.17) is 4.74 Å². The van der Waals surface area contributed by atoms with Gasteiger partial charge in [0.05, 0.1) is 5.75 Å². The van der Waals surface area contributed by atoms with Crippen LogP contribution < -0.4 is 5.32 Å². The zero-order chi connectivity index (χ0) is 18.7. The second kappa shape index (κ2) is 7.70. The third kappa shape index (κ3) is 6.28. The summed E-state index contributed by atoms with van der Waals surface area (Å²) in [7, 11) is -3.58. The molecule has 1 N–H and O–H groups in total. The van der Waals surface area contributed by atoms with Gasteiger partial charge in [-0.15, -0.1) is 0 Å². The number of benzene rings is 1. The SMILES string of the molecule is CC(C)(C)OC(=O)N[C@@H]1CCCN(S(=O)(=O)Cc2cccc(F)c2)C1. The average Bonchev–Trinajstić information content (AvgIpc) is 2.45. The predicted octanol–water partition coefficient (Wildman–Crippen LogP) is 2.64. The molecule has 2 rings (SSSR count). The van der Waals surface area contributed by atoms with Gasteiger partial charge in [0.25, 0.3) is 0 Å². The molecule has 0 bridgehead atoms. The first-order chi connectivity index (χ1) is 11.5. The Hall–Kier alpha value is -1.67. The number of nitrogens with zero attached hydrogens (tertiary/aromatic N) is 1. The van der Waals surface area contributed by atoms with Crippen LogP contribution in [0.2, 0.25) is 0 Å². The molecule has 1 aliphatic heterocycles. The van der Waals surface area contributed by atoms with Gasteiger partial charge in [-0.05, 0) is 51.3 Å². The Balaban J connectivity index is 1.98. The number of hydrogen-bond donors (Lipinski definition) is 1. The van der Waals surface area contributed by atoms with E-state index in [1.165, 1.54) is 22.5 Å². The zero-order valence-corrected chi connectivity index (χ0v) is 15.6. The van der Waals surface area contributed by atoms with Crippen molar-refractivity contribution in [3.8, 4) is 0 Å². The van der Waals surface area contributed by atoms with Crippen molar-refractivity contribution in [2.75, 3.05) is 13.1 Å². The standard InChI is InChI=1S/C17H25FN2O4S/c1-17(2,3)24-16(21)19-15-8-5-9-20(11-15)25(22,23)12-13-6-4-7-14(18)10-13/h4,6-7,10,15H,5,8-9,11-12H2,1-3H3,(H,19,21)/t15-/m1/s1. The van der Waals surface area contributed by atoms with E-state index in [0.717, 1.165) is 0 Å². The summed E-state index contributed by atoms with van der Waals surface area (Å²) in [6.45, 7) is 5.89. The van der Waals surface area contributed by atoms with E-state index >= 15 is 0 Å². The fourth-order valence-electron chi connectivity index (χ4n) is 2.72. The van der Waals surface area contributed by atoms with Crippen molar-refractivity contribution in [3.05, 3.63) is 35.6 Å². The van der Waals surface area contributed by atoms with E-state index in [2.05, 4.69) is 5.32 Å². The molecular weight excluding hydrogens is 347 g/mol. The predicted molar refractivity (Wildman–Crippen MR) is 93.0 cm³/mol. The minimum absolute atomic E-state index is 0.191. The van der Waals surface area contributed by atoms with E-state index < -0.39 is 27.5 Å². The highest BCUT2D eigenvalue weighted by Gasteiger charge is 2.30. The molecule has 1 saturated heterocycles. The summed E-state index contributed by atoms with van der Waals surface area (Å²) < 4.78 is 45.0. The number of halogens is 1. The van der Waals surface area contributed by atoms with Crippen LogP contribution in [0, 0.1) is 5.82 Å². The number of rotatable bonds is 4. The number of carbonyl (C=O) groups is 1. The van der Waals surface area contributed by atoms with E-state index in [9.17, 15) is 17.6 Å². The molecule has 0 radical (unpaired) electrons. The summed E-state index contributed by atoms with van der Waals surface area (Å²) in [4.78, 5) is 11.9. The molecule has 1 aliphatic rings. The molecule has 0 unspecified atom stereocenters.